The van der Waals surface area contributed by atoms with E-state index in [1.54, 1.807) is 7.11 Å². The van der Waals surface area contributed by atoms with Crippen molar-refractivity contribution in [3.8, 4) is 0 Å². The molecule has 0 unspecified atom stereocenters. The highest BCUT2D eigenvalue weighted by Crippen LogP contribution is 2.45. The molecule has 4 rings (SSSR count). The maximum absolute atomic E-state index is 12.5. The summed E-state index contributed by atoms with van der Waals surface area (Å²) in [7, 11) is 1.79. The quantitative estimate of drug-likeness (QED) is 0.804. The van der Waals surface area contributed by atoms with Crippen LogP contribution in [0.1, 0.15) is 28.2 Å². The van der Waals surface area contributed by atoms with Crippen molar-refractivity contribution in [1.82, 2.24) is 14.8 Å². The lowest BCUT2D eigenvalue weighted by Gasteiger charge is -2.42. The average molecular weight is 375 g/mol. The van der Waals surface area contributed by atoms with Gasteiger partial charge in [-0.25, -0.2) is 4.98 Å². The van der Waals surface area contributed by atoms with Gasteiger partial charge in [0.25, 0.3) is 5.91 Å². The Morgan fingerprint density at radius 1 is 1.46 bits per heavy atom. The number of rotatable bonds is 5. The largest absolute Gasteiger partial charge is 0.451 e. The summed E-state index contributed by atoms with van der Waals surface area (Å²) < 4.78 is 10.5. The first kappa shape index (κ1) is 17.7. The summed E-state index contributed by atoms with van der Waals surface area (Å²) in [6.07, 6.45) is 4.78. The number of oxazole rings is 1. The maximum atomic E-state index is 12.5. The molecule has 1 atom stereocenters. The molecule has 2 aromatic heterocycles. The van der Waals surface area contributed by atoms with Crippen LogP contribution in [0.2, 0.25) is 0 Å². The highest BCUT2D eigenvalue weighted by Gasteiger charge is 2.48. The van der Waals surface area contributed by atoms with Gasteiger partial charge in [-0.2, -0.15) is 0 Å². The van der Waals surface area contributed by atoms with Gasteiger partial charge in [0.2, 0.25) is 0 Å². The molecule has 2 fully saturated rings. The van der Waals surface area contributed by atoms with E-state index in [4.69, 9.17) is 9.15 Å². The minimum atomic E-state index is -0.0228. The Labute approximate surface area is 157 Å². The van der Waals surface area contributed by atoms with Crippen LogP contribution in [0, 0.1) is 11.3 Å². The lowest BCUT2D eigenvalue weighted by Crippen LogP contribution is -2.47. The molecule has 140 valence electrons. The van der Waals surface area contributed by atoms with Crippen molar-refractivity contribution in [1.29, 1.82) is 0 Å². The Balaban J connectivity index is 1.42. The van der Waals surface area contributed by atoms with Crippen molar-refractivity contribution in [2.45, 2.75) is 19.4 Å². The number of hydrogen-bond acceptors (Lipinski definition) is 6. The second kappa shape index (κ2) is 7.50. The van der Waals surface area contributed by atoms with Gasteiger partial charge in [-0.15, -0.1) is 11.3 Å². The monoisotopic (exact) mass is 375 g/mol. The normalized spacial score (nSPS) is 23.0. The number of thiophene rings is 1. The van der Waals surface area contributed by atoms with Crippen LogP contribution in [0.3, 0.4) is 0 Å². The van der Waals surface area contributed by atoms with Gasteiger partial charge in [-0.05, 0) is 29.7 Å². The van der Waals surface area contributed by atoms with Crippen LogP contribution in [-0.4, -0.2) is 60.6 Å². The second-order valence-corrected chi connectivity index (χ2v) is 8.46. The Bertz CT molecular complexity index is 708. The van der Waals surface area contributed by atoms with Crippen LogP contribution in [0.15, 0.2) is 34.6 Å². The number of nitrogens with zero attached hydrogens (tertiary/aromatic N) is 3. The number of likely N-dealkylation sites (tertiary alicyclic amines) is 2. The van der Waals surface area contributed by atoms with Crippen molar-refractivity contribution in [2.24, 2.45) is 11.3 Å². The highest BCUT2D eigenvalue weighted by atomic mass is 32.1. The molecular formula is C19H25N3O3S. The van der Waals surface area contributed by atoms with Crippen molar-refractivity contribution in [3.05, 3.63) is 40.7 Å². The molecule has 4 heterocycles. The van der Waals surface area contributed by atoms with E-state index in [1.807, 2.05) is 16.2 Å². The van der Waals surface area contributed by atoms with Gasteiger partial charge in [0.15, 0.2) is 12.1 Å². The van der Waals surface area contributed by atoms with E-state index in [0.29, 0.717) is 11.6 Å². The summed E-state index contributed by atoms with van der Waals surface area (Å²) in [6.45, 7) is 5.52. The third-order valence-corrected chi connectivity index (χ3v) is 6.77. The van der Waals surface area contributed by atoms with E-state index in [-0.39, 0.29) is 11.3 Å². The molecule has 0 saturated carbocycles. The average Bonchev–Trinajstić information content (AvgIpc) is 3.39. The molecule has 0 aliphatic carbocycles. The first-order chi connectivity index (χ1) is 12.7. The topological polar surface area (TPSA) is 58.8 Å². The third-order valence-electron chi connectivity index (χ3n) is 5.91. The van der Waals surface area contributed by atoms with Gasteiger partial charge >= 0.3 is 0 Å². The summed E-state index contributed by atoms with van der Waals surface area (Å²) in [4.78, 5) is 22.4. The summed E-state index contributed by atoms with van der Waals surface area (Å²) >= 11 is 1.82. The standard InChI is InChI=1S/C19H25N3O3S/c1-24-11-15-9-21(10-16-3-2-8-26-16)13-19(15)4-6-22(7-5-19)18(23)17-12-25-14-20-17/h2-3,8,12,14-15H,4-7,9-11,13H2,1H3/t15-/m1/s1. The first-order valence-electron chi connectivity index (χ1n) is 9.11. The lowest BCUT2D eigenvalue weighted by atomic mass is 9.71. The molecule has 7 heteroatoms. The predicted molar refractivity (Wildman–Crippen MR) is 99.0 cm³/mol. The molecule has 0 radical (unpaired) electrons. The van der Waals surface area contributed by atoms with E-state index in [9.17, 15) is 4.79 Å². The van der Waals surface area contributed by atoms with E-state index in [2.05, 4.69) is 27.4 Å². The Morgan fingerprint density at radius 3 is 2.96 bits per heavy atom. The predicted octanol–water partition coefficient (Wildman–Crippen LogP) is 2.74. The fraction of sp³-hybridized carbons (Fsp3) is 0.579. The fourth-order valence-electron chi connectivity index (χ4n) is 4.52. The third kappa shape index (κ3) is 3.43. The zero-order chi connectivity index (χ0) is 18.0. The SMILES string of the molecule is COC[C@H]1CN(Cc2cccs2)CC12CCN(C(=O)c1cocn1)CC2. The molecule has 1 amide bonds. The summed E-state index contributed by atoms with van der Waals surface area (Å²) in [5.41, 5.74) is 0.647. The van der Waals surface area contributed by atoms with E-state index in [0.717, 1.165) is 52.2 Å². The molecule has 0 aromatic carbocycles. The zero-order valence-electron chi connectivity index (χ0n) is 15.1. The van der Waals surface area contributed by atoms with Gasteiger partial charge in [-0.1, -0.05) is 6.07 Å². The van der Waals surface area contributed by atoms with Crippen LogP contribution in [-0.2, 0) is 11.3 Å². The minimum absolute atomic E-state index is 0.0228. The lowest BCUT2D eigenvalue weighted by molar-refractivity contribution is 0.0319. The number of amides is 1. The van der Waals surface area contributed by atoms with Crippen molar-refractivity contribution in [3.63, 3.8) is 0 Å². The number of carbonyl (C=O) groups is 1. The molecule has 0 N–H and O–H groups in total. The molecule has 2 aliphatic rings. The van der Waals surface area contributed by atoms with Gasteiger partial charge < -0.3 is 14.1 Å². The van der Waals surface area contributed by atoms with E-state index < -0.39 is 0 Å². The van der Waals surface area contributed by atoms with Crippen LogP contribution < -0.4 is 0 Å². The Morgan fingerprint density at radius 2 is 2.31 bits per heavy atom. The van der Waals surface area contributed by atoms with Crippen LogP contribution in [0.25, 0.3) is 0 Å². The minimum Gasteiger partial charge on any atom is -0.451 e. The maximum Gasteiger partial charge on any atom is 0.275 e. The Hall–Kier alpha value is -1.70. The van der Waals surface area contributed by atoms with Gasteiger partial charge in [0, 0.05) is 50.6 Å². The molecule has 0 bridgehead atoms. The highest BCUT2D eigenvalue weighted by molar-refractivity contribution is 7.09. The van der Waals surface area contributed by atoms with Crippen LogP contribution in [0.4, 0.5) is 0 Å². The van der Waals surface area contributed by atoms with Crippen molar-refractivity contribution >= 4 is 17.2 Å². The molecule has 26 heavy (non-hydrogen) atoms. The molecule has 1 spiro atoms. The fourth-order valence-corrected chi connectivity index (χ4v) is 5.27. The number of aromatic nitrogens is 1. The summed E-state index contributed by atoms with van der Waals surface area (Å²) in [5, 5.41) is 2.14. The molecule has 6 nitrogen and oxygen atoms in total. The van der Waals surface area contributed by atoms with Crippen LogP contribution >= 0.6 is 11.3 Å². The van der Waals surface area contributed by atoms with Gasteiger partial charge in [0.1, 0.15) is 6.26 Å². The molecule has 2 saturated heterocycles. The first-order valence-corrected chi connectivity index (χ1v) is 9.99. The van der Waals surface area contributed by atoms with Gasteiger partial charge in [0.05, 0.1) is 6.61 Å². The summed E-state index contributed by atoms with van der Waals surface area (Å²) in [6, 6.07) is 4.33. The molecular weight excluding hydrogens is 350 g/mol. The van der Waals surface area contributed by atoms with E-state index in [1.165, 1.54) is 17.5 Å². The number of carbonyl (C=O) groups excluding carboxylic acids is 1. The zero-order valence-corrected chi connectivity index (χ0v) is 15.9. The van der Waals surface area contributed by atoms with Crippen molar-refractivity contribution in [2.75, 3.05) is 39.9 Å². The molecule has 2 aromatic rings. The van der Waals surface area contributed by atoms with Crippen LogP contribution in [0.5, 0.6) is 0 Å². The Kier molecular flexibility index (Phi) is 5.11. The van der Waals surface area contributed by atoms with Crippen molar-refractivity contribution < 1.29 is 13.9 Å². The number of hydrogen-bond donors (Lipinski definition) is 0. The number of methoxy groups -OCH3 is 1. The summed E-state index contributed by atoms with van der Waals surface area (Å²) in [5.74, 6) is 0.502. The number of ether oxygens (including phenoxy) is 1. The van der Waals surface area contributed by atoms with Gasteiger partial charge in [-0.3, -0.25) is 9.69 Å². The smallest absolute Gasteiger partial charge is 0.275 e. The molecule has 2 aliphatic heterocycles. The second-order valence-electron chi connectivity index (χ2n) is 7.43. The van der Waals surface area contributed by atoms with E-state index >= 15 is 0 Å². The number of piperidine rings is 1.